The minimum Gasteiger partial charge on any atom is -0.328 e. The van der Waals surface area contributed by atoms with Crippen molar-refractivity contribution in [3.63, 3.8) is 0 Å². The van der Waals surface area contributed by atoms with Crippen LogP contribution in [0.25, 0.3) is 0 Å². The van der Waals surface area contributed by atoms with Crippen LogP contribution in [0.4, 0.5) is 18.9 Å². The normalized spacial score (nSPS) is 12.7. The molecule has 0 fully saturated rings. The van der Waals surface area contributed by atoms with E-state index in [4.69, 9.17) is 5.73 Å². The van der Waals surface area contributed by atoms with Gasteiger partial charge < -0.3 is 11.1 Å². The molecule has 1 atom stereocenters. The number of carbonyl (C=O) groups excluding carboxylic acids is 1. The van der Waals surface area contributed by atoms with Gasteiger partial charge in [-0.15, -0.1) is 12.4 Å². The summed E-state index contributed by atoms with van der Waals surface area (Å²) in [6.45, 7) is 0.595. The molecule has 0 bridgehead atoms. The lowest BCUT2D eigenvalue weighted by atomic mass is 10.2. The van der Waals surface area contributed by atoms with Crippen LogP contribution in [0, 0.1) is 0 Å². The molecule has 0 radical (unpaired) electrons. The maximum absolute atomic E-state index is 12.1. The fourth-order valence-corrected chi connectivity index (χ4v) is 1.28. The van der Waals surface area contributed by atoms with E-state index in [1.54, 1.807) is 6.92 Å². The summed E-state index contributed by atoms with van der Waals surface area (Å²) in [6.07, 6.45) is -1.28. The molecule has 0 aliphatic carbocycles. The van der Waals surface area contributed by atoms with Crippen molar-refractivity contribution < 1.29 is 18.0 Å². The summed E-state index contributed by atoms with van der Waals surface area (Å²) in [5, 5.41) is 5.97. The van der Waals surface area contributed by atoms with Crippen molar-refractivity contribution in [2.24, 2.45) is 5.73 Å². The average Bonchev–Trinajstić information content (AvgIpc) is 2.59. The molecule has 0 saturated heterocycles. The van der Waals surface area contributed by atoms with Crippen LogP contribution in [0.2, 0.25) is 0 Å². The number of nitrogens with one attached hydrogen (secondary N) is 1. The molecule has 1 heterocycles. The molecule has 1 aromatic rings. The molecule has 1 unspecified atom stereocenters. The molecule has 1 amide bonds. The minimum absolute atomic E-state index is 0. The molecular formula is C10H16ClF3N4O. The maximum Gasteiger partial charge on any atom is 0.408 e. The Labute approximate surface area is 114 Å². The lowest BCUT2D eigenvalue weighted by Crippen LogP contribution is -2.19. The minimum atomic E-state index is -4.33. The van der Waals surface area contributed by atoms with E-state index in [0.29, 0.717) is 6.42 Å². The van der Waals surface area contributed by atoms with Gasteiger partial charge >= 0.3 is 6.18 Å². The van der Waals surface area contributed by atoms with Crippen molar-refractivity contribution >= 4 is 24.0 Å². The third-order valence-corrected chi connectivity index (χ3v) is 2.09. The largest absolute Gasteiger partial charge is 0.408 e. The summed E-state index contributed by atoms with van der Waals surface area (Å²) >= 11 is 0. The molecule has 1 aromatic heterocycles. The highest BCUT2D eigenvalue weighted by Crippen LogP contribution is 2.18. The van der Waals surface area contributed by atoms with E-state index in [-0.39, 0.29) is 36.5 Å². The first kappa shape index (κ1) is 17.7. The second kappa shape index (κ2) is 7.34. The molecule has 19 heavy (non-hydrogen) atoms. The van der Waals surface area contributed by atoms with Crippen LogP contribution in [0.15, 0.2) is 12.4 Å². The molecule has 1 rings (SSSR count). The van der Waals surface area contributed by atoms with E-state index in [2.05, 4.69) is 10.4 Å². The van der Waals surface area contributed by atoms with E-state index in [1.807, 2.05) is 0 Å². The molecule has 3 N–H and O–H groups in total. The van der Waals surface area contributed by atoms with E-state index >= 15 is 0 Å². The van der Waals surface area contributed by atoms with Crippen molar-refractivity contribution in [1.82, 2.24) is 9.78 Å². The van der Waals surface area contributed by atoms with Gasteiger partial charge in [-0.25, -0.2) is 0 Å². The van der Waals surface area contributed by atoms with E-state index in [1.165, 1.54) is 6.20 Å². The number of hydrogen-bond donors (Lipinski definition) is 2. The number of anilines is 1. The Kier molecular flexibility index (Phi) is 6.85. The number of rotatable bonds is 5. The number of aromatic nitrogens is 2. The fourth-order valence-electron chi connectivity index (χ4n) is 1.28. The predicted octanol–water partition coefficient (Wildman–Crippen LogP) is 1.93. The van der Waals surface area contributed by atoms with Gasteiger partial charge in [-0.05, 0) is 13.3 Å². The highest BCUT2D eigenvalue weighted by Gasteiger charge is 2.28. The maximum atomic E-state index is 12.1. The summed E-state index contributed by atoms with van der Waals surface area (Å²) in [4.78, 5) is 11.4. The summed E-state index contributed by atoms with van der Waals surface area (Å²) in [5.74, 6) is -0.293. The number of halogens is 4. The van der Waals surface area contributed by atoms with Crippen LogP contribution in [0.1, 0.15) is 19.8 Å². The summed E-state index contributed by atoms with van der Waals surface area (Å²) in [7, 11) is 0. The molecule has 0 aliphatic rings. The Balaban J connectivity index is 0.00000324. The average molecular weight is 301 g/mol. The molecule has 9 heteroatoms. The second-order valence-electron chi connectivity index (χ2n) is 4.11. The van der Waals surface area contributed by atoms with Crippen molar-refractivity contribution in [3.8, 4) is 0 Å². The Hall–Kier alpha value is -1.28. The van der Waals surface area contributed by atoms with Crippen LogP contribution in [0.3, 0.4) is 0 Å². The van der Waals surface area contributed by atoms with Crippen LogP contribution < -0.4 is 11.1 Å². The van der Waals surface area contributed by atoms with E-state index < -0.39 is 12.7 Å². The van der Waals surface area contributed by atoms with Gasteiger partial charge in [0.25, 0.3) is 0 Å². The number of hydrogen-bond acceptors (Lipinski definition) is 3. The molecule has 0 aliphatic heterocycles. The smallest absolute Gasteiger partial charge is 0.328 e. The Morgan fingerprint density at radius 1 is 1.58 bits per heavy atom. The standard InChI is InChI=1S/C10H15F3N4O.ClH/c1-7(14)2-3-9(18)16-8-4-15-17(5-8)6-10(11,12)13;/h4-5,7H,2-3,6,14H2,1H3,(H,16,18);1H. The summed E-state index contributed by atoms with van der Waals surface area (Å²) in [5.41, 5.74) is 5.73. The SMILES string of the molecule is CC(N)CCC(=O)Nc1cnn(CC(F)(F)F)c1.Cl. The number of nitrogens with zero attached hydrogens (tertiary/aromatic N) is 2. The van der Waals surface area contributed by atoms with Gasteiger partial charge in [-0.2, -0.15) is 18.3 Å². The monoisotopic (exact) mass is 300 g/mol. The predicted molar refractivity (Wildman–Crippen MR) is 67.0 cm³/mol. The van der Waals surface area contributed by atoms with Gasteiger partial charge in [0.15, 0.2) is 0 Å². The van der Waals surface area contributed by atoms with Crippen LogP contribution in [-0.2, 0) is 11.3 Å². The third-order valence-electron chi connectivity index (χ3n) is 2.09. The zero-order chi connectivity index (χ0) is 13.8. The first-order chi connectivity index (χ1) is 8.26. The summed E-state index contributed by atoms with van der Waals surface area (Å²) in [6, 6.07) is -0.0938. The topological polar surface area (TPSA) is 72.9 Å². The quantitative estimate of drug-likeness (QED) is 0.873. The number of amides is 1. The molecule has 110 valence electrons. The molecule has 0 aromatic carbocycles. The molecule has 5 nitrogen and oxygen atoms in total. The first-order valence-electron chi connectivity index (χ1n) is 5.41. The lowest BCUT2D eigenvalue weighted by Gasteiger charge is -2.06. The Morgan fingerprint density at radius 2 is 2.21 bits per heavy atom. The van der Waals surface area contributed by atoms with Crippen LogP contribution in [-0.4, -0.2) is 27.9 Å². The second-order valence-corrected chi connectivity index (χ2v) is 4.11. The number of nitrogens with two attached hydrogens (primary N) is 1. The lowest BCUT2D eigenvalue weighted by molar-refractivity contribution is -0.142. The highest BCUT2D eigenvalue weighted by atomic mass is 35.5. The Morgan fingerprint density at radius 3 is 2.74 bits per heavy atom. The van der Waals surface area contributed by atoms with Crippen LogP contribution >= 0.6 is 12.4 Å². The van der Waals surface area contributed by atoms with Crippen molar-refractivity contribution in [3.05, 3.63) is 12.4 Å². The van der Waals surface area contributed by atoms with Gasteiger partial charge in [0.1, 0.15) is 6.54 Å². The number of alkyl halides is 3. The summed E-state index contributed by atoms with van der Waals surface area (Å²) < 4.78 is 36.9. The van der Waals surface area contributed by atoms with Gasteiger partial charge in [0.2, 0.25) is 5.91 Å². The van der Waals surface area contributed by atoms with Crippen molar-refractivity contribution in [2.45, 2.75) is 38.5 Å². The number of carbonyl (C=O) groups is 1. The zero-order valence-corrected chi connectivity index (χ0v) is 11.1. The molecule has 0 saturated carbocycles. The van der Waals surface area contributed by atoms with Crippen molar-refractivity contribution in [1.29, 1.82) is 0 Å². The van der Waals surface area contributed by atoms with Gasteiger partial charge in [0, 0.05) is 18.7 Å². The highest BCUT2D eigenvalue weighted by molar-refractivity contribution is 5.90. The van der Waals surface area contributed by atoms with Gasteiger partial charge in [-0.1, -0.05) is 0 Å². The third kappa shape index (κ3) is 7.68. The van der Waals surface area contributed by atoms with Crippen LogP contribution in [0.5, 0.6) is 0 Å². The van der Waals surface area contributed by atoms with E-state index in [0.717, 1.165) is 10.9 Å². The van der Waals surface area contributed by atoms with E-state index in [9.17, 15) is 18.0 Å². The fraction of sp³-hybridized carbons (Fsp3) is 0.600. The van der Waals surface area contributed by atoms with Gasteiger partial charge in [-0.3, -0.25) is 9.48 Å². The molecular weight excluding hydrogens is 285 g/mol. The van der Waals surface area contributed by atoms with Gasteiger partial charge in [0.05, 0.1) is 11.9 Å². The Bertz CT molecular complexity index is 406. The van der Waals surface area contributed by atoms with Crippen molar-refractivity contribution in [2.75, 3.05) is 5.32 Å². The molecule has 0 spiro atoms. The first-order valence-corrected chi connectivity index (χ1v) is 5.41. The zero-order valence-electron chi connectivity index (χ0n) is 10.3.